The molecule has 1 atom stereocenters. The Morgan fingerprint density at radius 3 is 2.67 bits per heavy atom. The molecule has 126 valence electrons. The highest BCUT2D eigenvalue weighted by Gasteiger charge is 2.32. The number of hydrogen-bond acceptors (Lipinski definition) is 6. The van der Waals surface area contributed by atoms with Gasteiger partial charge in [0.25, 0.3) is 0 Å². The van der Waals surface area contributed by atoms with Gasteiger partial charge in [0, 0.05) is 31.7 Å². The van der Waals surface area contributed by atoms with E-state index < -0.39 is 0 Å². The number of halogens is 1. The van der Waals surface area contributed by atoms with Gasteiger partial charge in [0.1, 0.15) is 12.1 Å². The van der Waals surface area contributed by atoms with Gasteiger partial charge >= 0.3 is 0 Å². The van der Waals surface area contributed by atoms with Crippen LogP contribution in [0, 0.1) is 5.82 Å². The largest absolute Gasteiger partial charge is 0.492 e. The van der Waals surface area contributed by atoms with Gasteiger partial charge in [-0.15, -0.1) is 0 Å². The quantitative estimate of drug-likeness (QED) is 0.785. The Morgan fingerprint density at radius 2 is 1.96 bits per heavy atom. The number of nitrogens with zero attached hydrogens (tertiary/aromatic N) is 5. The van der Waals surface area contributed by atoms with E-state index in [1.54, 1.807) is 12.1 Å². The van der Waals surface area contributed by atoms with Crippen molar-refractivity contribution < 1.29 is 9.50 Å². The highest BCUT2D eigenvalue weighted by atomic mass is 32.1. The minimum atomic E-state index is -0.339. The molecule has 0 amide bonds. The zero-order valence-corrected chi connectivity index (χ0v) is 14.1. The Morgan fingerprint density at radius 1 is 1.21 bits per heavy atom. The van der Waals surface area contributed by atoms with Gasteiger partial charge in [0.2, 0.25) is 10.8 Å². The van der Waals surface area contributed by atoms with Gasteiger partial charge in [0.15, 0.2) is 0 Å². The van der Waals surface area contributed by atoms with E-state index in [9.17, 15) is 9.50 Å². The maximum atomic E-state index is 14.5. The van der Waals surface area contributed by atoms with Crippen molar-refractivity contribution in [3.05, 3.63) is 46.9 Å². The van der Waals surface area contributed by atoms with E-state index in [0.29, 0.717) is 15.4 Å². The number of aromatic nitrogens is 3. The molecule has 6 nitrogen and oxygen atoms in total. The van der Waals surface area contributed by atoms with Crippen LogP contribution in [0.5, 0.6) is 5.88 Å². The van der Waals surface area contributed by atoms with Gasteiger partial charge in [-0.1, -0.05) is 29.5 Å². The number of hydrogen-bond donors (Lipinski definition) is 1. The molecule has 1 saturated heterocycles. The Bertz CT molecular complexity index is 855. The fourth-order valence-corrected chi connectivity index (χ4v) is 4.24. The molecular weight excluding hydrogens is 329 g/mol. The van der Waals surface area contributed by atoms with Crippen LogP contribution in [0.3, 0.4) is 0 Å². The summed E-state index contributed by atoms with van der Waals surface area (Å²) in [7, 11) is 2.08. The summed E-state index contributed by atoms with van der Waals surface area (Å²) in [5, 5.41) is 14.6. The second kappa shape index (κ2) is 6.12. The highest BCUT2D eigenvalue weighted by molar-refractivity contribution is 7.17. The first-order valence-electron chi connectivity index (χ1n) is 7.83. The van der Waals surface area contributed by atoms with Crippen LogP contribution in [0.25, 0.3) is 4.96 Å². The van der Waals surface area contributed by atoms with E-state index in [2.05, 4.69) is 26.9 Å². The van der Waals surface area contributed by atoms with Gasteiger partial charge in [-0.05, 0) is 13.1 Å². The third-order valence-electron chi connectivity index (χ3n) is 4.49. The van der Waals surface area contributed by atoms with E-state index in [-0.39, 0.29) is 17.7 Å². The maximum absolute atomic E-state index is 14.5. The number of aromatic hydroxyl groups is 1. The number of rotatable bonds is 3. The van der Waals surface area contributed by atoms with Crippen LogP contribution in [0.4, 0.5) is 4.39 Å². The summed E-state index contributed by atoms with van der Waals surface area (Å²) >= 11 is 1.35. The molecule has 1 N–H and O–H groups in total. The van der Waals surface area contributed by atoms with Crippen LogP contribution >= 0.6 is 11.3 Å². The zero-order valence-electron chi connectivity index (χ0n) is 13.3. The molecule has 8 heteroatoms. The van der Waals surface area contributed by atoms with Gasteiger partial charge in [0.05, 0.1) is 10.9 Å². The number of thiazole rings is 1. The molecular formula is C16H18FN5OS. The van der Waals surface area contributed by atoms with Crippen molar-refractivity contribution in [3.63, 3.8) is 0 Å². The molecule has 1 fully saturated rings. The predicted octanol–water partition coefficient (Wildman–Crippen LogP) is 1.97. The minimum Gasteiger partial charge on any atom is -0.492 e. The monoisotopic (exact) mass is 347 g/mol. The molecule has 0 saturated carbocycles. The van der Waals surface area contributed by atoms with Crippen molar-refractivity contribution in [1.82, 2.24) is 24.4 Å². The Hall–Kier alpha value is -2.03. The Kier molecular flexibility index (Phi) is 3.95. The van der Waals surface area contributed by atoms with E-state index in [1.165, 1.54) is 28.2 Å². The number of piperazine rings is 1. The average molecular weight is 347 g/mol. The molecule has 4 rings (SSSR count). The van der Waals surface area contributed by atoms with Gasteiger partial charge in [-0.3, -0.25) is 4.90 Å². The molecule has 0 radical (unpaired) electrons. The number of fused-ring (bicyclic) bond motifs is 1. The topological polar surface area (TPSA) is 56.9 Å². The molecule has 1 aliphatic rings. The average Bonchev–Trinajstić information content (AvgIpc) is 3.15. The van der Waals surface area contributed by atoms with Crippen molar-refractivity contribution in [3.8, 4) is 5.88 Å². The Balaban J connectivity index is 1.82. The zero-order chi connectivity index (χ0) is 16.7. The molecule has 1 unspecified atom stereocenters. The van der Waals surface area contributed by atoms with Crippen molar-refractivity contribution in [1.29, 1.82) is 0 Å². The number of likely N-dealkylation sites (N-methyl/N-ethyl adjacent to an activating group) is 1. The first-order valence-corrected chi connectivity index (χ1v) is 8.65. The van der Waals surface area contributed by atoms with Gasteiger partial charge in [-0.25, -0.2) is 9.37 Å². The van der Waals surface area contributed by atoms with Crippen LogP contribution in [-0.4, -0.2) is 62.7 Å². The van der Waals surface area contributed by atoms with E-state index in [4.69, 9.17) is 0 Å². The molecule has 1 aliphatic heterocycles. The van der Waals surface area contributed by atoms with Crippen LogP contribution in [0.15, 0.2) is 30.6 Å². The lowest BCUT2D eigenvalue weighted by Crippen LogP contribution is -2.46. The number of benzene rings is 1. The highest BCUT2D eigenvalue weighted by Crippen LogP contribution is 2.40. The smallest absolute Gasteiger partial charge is 0.230 e. The summed E-state index contributed by atoms with van der Waals surface area (Å²) in [6.45, 7) is 3.43. The van der Waals surface area contributed by atoms with Crippen molar-refractivity contribution in [2.24, 2.45) is 0 Å². The first kappa shape index (κ1) is 15.5. The molecule has 0 spiro atoms. The van der Waals surface area contributed by atoms with Crippen molar-refractivity contribution in [2.75, 3.05) is 33.2 Å². The summed E-state index contributed by atoms with van der Waals surface area (Å²) in [6, 6.07) is 6.42. The molecule has 0 bridgehead atoms. The second-order valence-electron chi connectivity index (χ2n) is 6.01. The lowest BCUT2D eigenvalue weighted by Gasteiger charge is -2.37. The Labute approximate surface area is 142 Å². The molecule has 2 aromatic heterocycles. The molecule has 3 aromatic rings. The second-order valence-corrected chi connectivity index (χ2v) is 7.02. The van der Waals surface area contributed by atoms with Crippen LogP contribution < -0.4 is 0 Å². The molecule has 1 aromatic carbocycles. The summed E-state index contributed by atoms with van der Waals surface area (Å²) in [5.74, 6) is -0.223. The van der Waals surface area contributed by atoms with E-state index >= 15 is 0 Å². The SMILES string of the molecule is CN1CCN(C(c2ccccc2F)c2sc3ncnn3c2O)CC1. The maximum Gasteiger partial charge on any atom is 0.230 e. The van der Waals surface area contributed by atoms with E-state index in [1.807, 2.05) is 6.07 Å². The van der Waals surface area contributed by atoms with E-state index in [0.717, 1.165) is 26.2 Å². The summed E-state index contributed by atoms with van der Waals surface area (Å²) < 4.78 is 15.9. The van der Waals surface area contributed by atoms with Gasteiger partial charge < -0.3 is 10.0 Å². The fourth-order valence-electron chi connectivity index (χ4n) is 3.15. The lowest BCUT2D eigenvalue weighted by molar-refractivity contribution is 0.125. The fraction of sp³-hybridized carbons (Fsp3) is 0.375. The molecule has 3 heterocycles. The van der Waals surface area contributed by atoms with Crippen LogP contribution in [0.2, 0.25) is 0 Å². The summed E-state index contributed by atoms with van der Waals surface area (Å²) in [6.07, 6.45) is 1.41. The van der Waals surface area contributed by atoms with Crippen molar-refractivity contribution >= 4 is 16.3 Å². The van der Waals surface area contributed by atoms with Crippen LogP contribution in [0.1, 0.15) is 16.5 Å². The predicted molar refractivity (Wildman–Crippen MR) is 89.8 cm³/mol. The third kappa shape index (κ3) is 2.56. The van der Waals surface area contributed by atoms with Crippen molar-refractivity contribution in [2.45, 2.75) is 6.04 Å². The lowest BCUT2D eigenvalue weighted by atomic mass is 10.0. The first-order chi connectivity index (χ1) is 11.6. The molecule has 0 aliphatic carbocycles. The summed E-state index contributed by atoms with van der Waals surface area (Å²) in [5.41, 5.74) is 0.571. The van der Waals surface area contributed by atoms with Gasteiger partial charge in [-0.2, -0.15) is 9.61 Å². The standard InChI is InChI=1S/C16H18FN5OS/c1-20-6-8-21(9-7-20)13(11-4-2-3-5-12(11)17)14-15(23)22-16(24-14)18-10-19-22/h2-5,10,13,23H,6-9H2,1H3. The summed E-state index contributed by atoms with van der Waals surface area (Å²) in [4.78, 5) is 9.90. The normalized spacial score (nSPS) is 18.2. The van der Waals surface area contributed by atoms with Crippen LogP contribution in [-0.2, 0) is 0 Å². The minimum absolute atomic E-state index is 0.0414. The molecule has 24 heavy (non-hydrogen) atoms. The third-order valence-corrected chi connectivity index (χ3v) is 5.58.